The van der Waals surface area contributed by atoms with Crippen LogP contribution < -0.4 is 5.32 Å². The number of rotatable bonds is 3. The molecule has 0 aliphatic carbocycles. The fraction of sp³-hybridized carbons (Fsp3) is 0.400. The molecular formula is C15H16F2N4O2. The van der Waals surface area contributed by atoms with Crippen molar-refractivity contribution >= 4 is 5.91 Å². The van der Waals surface area contributed by atoms with Crippen LogP contribution in [0.4, 0.5) is 8.78 Å². The summed E-state index contributed by atoms with van der Waals surface area (Å²) < 4.78 is 31.8. The second-order valence-electron chi connectivity index (χ2n) is 5.51. The lowest BCUT2D eigenvalue weighted by Crippen LogP contribution is -2.34. The van der Waals surface area contributed by atoms with Gasteiger partial charge in [-0.15, -0.1) is 0 Å². The second kappa shape index (κ2) is 6.41. The van der Waals surface area contributed by atoms with Gasteiger partial charge in [0.2, 0.25) is 5.91 Å². The zero-order chi connectivity index (χ0) is 16.4. The van der Waals surface area contributed by atoms with Gasteiger partial charge < -0.3 is 9.84 Å². The van der Waals surface area contributed by atoms with Crippen molar-refractivity contribution in [1.82, 2.24) is 20.4 Å². The molecule has 1 N–H and O–H groups in total. The maximum atomic E-state index is 13.7. The number of carbonyl (C=O) groups excluding carboxylic acids is 1. The first-order valence-corrected chi connectivity index (χ1v) is 7.31. The Labute approximate surface area is 131 Å². The molecule has 23 heavy (non-hydrogen) atoms. The van der Waals surface area contributed by atoms with E-state index in [0.29, 0.717) is 31.9 Å². The first-order valence-electron chi connectivity index (χ1n) is 7.31. The maximum absolute atomic E-state index is 13.7. The first kappa shape index (κ1) is 15.5. The molecule has 0 bridgehead atoms. The molecule has 0 saturated carbocycles. The summed E-state index contributed by atoms with van der Waals surface area (Å²) in [6.45, 7) is 3.57. The van der Waals surface area contributed by atoms with Gasteiger partial charge in [-0.05, 0) is 19.1 Å². The highest BCUT2D eigenvalue weighted by Crippen LogP contribution is 2.22. The van der Waals surface area contributed by atoms with Gasteiger partial charge in [-0.1, -0.05) is 5.16 Å². The average molecular weight is 322 g/mol. The lowest BCUT2D eigenvalue weighted by molar-refractivity contribution is -0.121. The number of benzene rings is 1. The number of aromatic nitrogens is 2. The molecule has 8 heteroatoms. The molecule has 1 amide bonds. The number of halogens is 2. The number of amides is 1. The van der Waals surface area contributed by atoms with Gasteiger partial charge in [-0.25, -0.2) is 8.78 Å². The molecule has 2 heterocycles. The quantitative estimate of drug-likeness (QED) is 0.932. The Morgan fingerprint density at radius 3 is 3.04 bits per heavy atom. The summed E-state index contributed by atoms with van der Waals surface area (Å²) in [7, 11) is 0. The van der Waals surface area contributed by atoms with Crippen molar-refractivity contribution in [2.75, 3.05) is 13.1 Å². The van der Waals surface area contributed by atoms with Crippen molar-refractivity contribution in [3.8, 4) is 11.5 Å². The van der Waals surface area contributed by atoms with E-state index in [1.165, 1.54) is 6.07 Å². The van der Waals surface area contributed by atoms with Gasteiger partial charge in [0, 0.05) is 31.6 Å². The van der Waals surface area contributed by atoms with Gasteiger partial charge >= 0.3 is 0 Å². The second-order valence-corrected chi connectivity index (χ2v) is 5.51. The van der Waals surface area contributed by atoms with Gasteiger partial charge in [-0.2, -0.15) is 4.98 Å². The van der Waals surface area contributed by atoms with E-state index in [1.807, 2.05) is 11.8 Å². The minimum Gasteiger partial charge on any atom is -0.355 e. The van der Waals surface area contributed by atoms with E-state index in [9.17, 15) is 13.6 Å². The third kappa shape index (κ3) is 3.53. The molecular weight excluding hydrogens is 306 g/mol. The molecule has 1 aliphatic heterocycles. The van der Waals surface area contributed by atoms with E-state index < -0.39 is 11.6 Å². The predicted molar refractivity (Wildman–Crippen MR) is 77.1 cm³/mol. The zero-order valence-electron chi connectivity index (χ0n) is 12.6. The zero-order valence-corrected chi connectivity index (χ0v) is 12.6. The monoisotopic (exact) mass is 322 g/mol. The smallest absolute Gasteiger partial charge is 0.260 e. The largest absolute Gasteiger partial charge is 0.355 e. The van der Waals surface area contributed by atoms with Gasteiger partial charge in [0.25, 0.3) is 5.89 Å². The molecule has 1 fully saturated rings. The van der Waals surface area contributed by atoms with Gasteiger partial charge in [0.15, 0.2) is 5.82 Å². The van der Waals surface area contributed by atoms with E-state index in [4.69, 9.17) is 4.52 Å². The molecule has 6 nitrogen and oxygen atoms in total. The minimum atomic E-state index is -0.752. The molecule has 1 atom stereocenters. The third-order valence-electron chi connectivity index (χ3n) is 3.80. The Bertz CT molecular complexity index is 719. The van der Waals surface area contributed by atoms with Crippen molar-refractivity contribution in [2.24, 2.45) is 0 Å². The van der Waals surface area contributed by atoms with Crippen molar-refractivity contribution in [2.45, 2.75) is 25.9 Å². The van der Waals surface area contributed by atoms with E-state index in [0.717, 1.165) is 12.1 Å². The Kier molecular flexibility index (Phi) is 4.33. The molecule has 1 saturated heterocycles. The number of nitrogens with zero attached hydrogens (tertiary/aromatic N) is 3. The highest BCUT2D eigenvalue weighted by Gasteiger charge is 2.23. The molecule has 0 spiro atoms. The molecule has 0 radical (unpaired) electrons. The third-order valence-corrected chi connectivity index (χ3v) is 3.80. The highest BCUT2D eigenvalue weighted by atomic mass is 19.1. The summed E-state index contributed by atoms with van der Waals surface area (Å²) in [4.78, 5) is 17.7. The SMILES string of the molecule is CC1CC(=O)NCCN1Cc1noc(-c2ccc(F)cc2F)n1. The van der Waals surface area contributed by atoms with Crippen molar-refractivity contribution in [3.05, 3.63) is 35.7 Å². The number of hydrogen-bond donors (Lipinski definition) is 1. The molecule has 2 aromatic rings. The van der Waals surface area contributed by atoms with Crippen LogP contribution in [-0.4, -0.2) is 40.1 Å². The molecule has 1 aliphatic rings. The number of nitrogens with one attached hydrogen (secondary N) is 1. The van der Waals surface area contributed by atoms with Crippen LogP contribution >= 0.6 is 0 Å². The normalized spacial score (nSPS) is 19.4. The Hall–Kier alpha value is -2.35. The lowest BCUT2D eigenvalue weighted by atomic mass is 10.2. The van der Waals surface area contributed by atoms with Crippen LogP contribution in [0, 0.1) is 11.6 Å². The first-order chi connectivity index (χ1) is 11.0. The summed E-state index contributed by atoms with van der Waals surface area (Å²) in [5, 5.41) is 6.65. The fourth-order valence-electron chi connectivity index (χ4n) is 2.54. The van der Waals surface area contributed by atoms with Crippen LogP contribution in [0.5, 0.6) is 0 Å². The van der Waals surface area contributed by atoms with Crippen LogP contribution in [-0.2, 0) is 11.3 Å². The standard InChI is InChI=1S/C15H16F2N4O2/c1-9-6-14(22)18-4-5-21(9)8-13-19-15(23-20-13)11-3-2-10(16)7-12(11)17/h2-3,7,9H,4-6,8H2,1H3,(H,18,22). The van der Waals surface area contributed by atoms with Gasteiger partial charge in [0.1, 0.15) is 11.6 Å². The molecule has 122 valence electrons. The van der Waals surface area contributed by atoms with Crippen LogP contribution in [0.1, 0.15) is 19.2 Å². The summed E-state index contributed by atoms with van der Waals surface area (Å²) in [6.07, 6.45) is 0.400. The van der Waals surface area contributed by atoms with Crippen LogP contribution in [0.3, 0.4) is 0 Å². The van der Waals surface area contributed by atoms with Crippen LogP contribution in [0.2, 0.25) is 0 Å². The Balaban J connectivity index is 1.75. The topological polar surface area (TPSA) is 71.3 Å². The molecule has 1 aromatic carbocycles. The van der Waals surface area contributed by atoms with Crippen molar-refractivity contribution in [1.29, 1.82) is 0 Å². The number of carbonyl (C=O) groups is 1. The molecule has 1 unspecified atom stereocenters. The van der Waals surface area contributed by atoms with E-state index >= 15 is 0 Å². The van der Waals surface area contributed by atoms with Crippen molar-refractivity contribution < 1.29 is 18.1 Å². The maximum Gasteiger partial charge on any atom is 0.260 e. The van der Waals surface area contributed by atoms with E-state index in [1.54, 1.807) is 0 Å². The Morgan fingerprint density at radius 1 is 1.43 bits per heavy atom. The highest BCUT2D eigenvalue weighted by molar-refractivity contribution is 5.76. The van der Waals surface area contributed by atoms with Gasteiger partial charge in [0.05, 0.1) is 12.1 Å². The Morgan fingerprint density at radius 2 is 2.26 bits per heavy atom. The average Bonchev–Trinajstić information content (AvgIpc) is 2.87. The minimum absolute atomic E-state index is 0.00850. The molecule has 1 aromatic heterocycles. The predicted octanol–water partition coefficient (Wildman–Crippen LogP) is 1.73. The van der Waals surface area contributed by atoms with Crippen LogP contribution in [0.25, 0.3) is 11.5 Å². The van der Waals surface area contributed by atoms with Crippen molar-refractivity contribution in [3.63, 3.8) is 0 Å². The van der Waals surface area contributed by atoms with E-state index in [-0.39, 0.29) is 23.4 Å². The summed E-state index contributed by atoms with van der Waals surface area (Å²) in [5.41, 5.74) is 0.0610. The summed E-state index contributed by atoms with van der Waals surface area (Å²) in [5.74, 6) is -0.999. The van der Waals surface area contributed by atoms with E-state index in [2.05, 4.69) is 15.5 Å². The molecule has 3 rings (SSSR count). The van der Waals surface area contributed by atoms with Crippen LogP contribution in [0.15, 0.2) is 22.7 Å². The summed E-state index contributed by atoms with van der Waals surface area (Å²) in [6, 6.07) is 3.21. The lowest BCUT2D eigenvalue weighted by Gasteiger charge is -2.23. The van der Waals surface area contributed by atoms with Gasteiger partial charge in [-0.3, -0.25) is 9.69 Å². The number of hydrogen-bond acceptors (Lipinski definition) is 5. The fourth-order valence-corrected chi connectivity index (χ4v) is 2.54. The summed E-state index contributed by atoms with van der Waals surface area (Å²) >= 11 is 0.